The van der Waals surface area contributed by atoms with Gasteiger partial charge in [0, 0.05) is 18.3 Å². The lowest BCUT2D eigenvalue weighted by molar-refractivity contribution is -0.142. The minimum atomic E-state index is -0.633. The van der Waals surface area contributed by atoms with Gasteiger partial charge in [0.25, 0.3) is 0 Å². The highest BCUT2D eigenvalue weighted by molar-refractivity contribution is 5.70. The average Bonchev–Trinajstić information content (AvgIpc) is 2.62. The molecule has 1 heterocycles. The van der Waals surface area contributed by atoms with Crippen LogP contribution in [0.2, 0.25) is 0 Å². The van der Waals surface area contributed by atoms with Crippen molar-refractivity contribution in [1.29, 1.82) is 0 Å². The summed E-state index contributed by atoms with van der Waals surface area (Å²) in [7, 11) is 0. The maximum Gasteiger partial charge on any atom is 0.306 e. The van der Waals surface area contributed by atoms with E-state index in [9.17, 15) is 4.79 Å². The summed E-state index contributed by atoms with van der Waals surface area (Å²) in [4.78, 5) is 13.6. The van der Waals surface area contributed by atoms with Gasteiger partial charge in [0.15, 0.2) is 0 Å². The molecule has 1 saturated heterocycles. The van der Waals surface area contributed by atoms with Crippen molar-refractivity contribution in [3.05, 3.63) is 29.8 Å². The van der Waals surface area contributed by atoms with Crippen LogP contribution < -0.4 is 5.32 Å². The van der Waals surface area contributed by atoms with Crippen LogP contribution in [-0.4, -0.2) is 41.7 Å². The van der Waals surface area contributed by atoms with Crippen molar-refractivity contribution >= 4 is 11.7 Å². The Morgan fingerprint density at radius 1 is 1.04 bits per heavy atom. The third kappa shape index (κ3) is 4.97. The van der Waals surface area contributed by atoms with Crippen molar-refractivity contribution in [2.45, 2.75) is 57.4 Å². The summed E-state index contributed by atoms with van der Waals surface area (Å²) >= 11 is 0. The second kappa shape index (κ2) is 8.52. The highest BCUT2D eigenvalue weighted by Gasteiger charge is 2.25. The SMILES string of the molecule is O=C(O)C1CCC(Nc2ccc(CCN3CCCCC3)cc2)CC1. The van der Waals surface area contributed by atoms with Gasteiger partial charge in [0.1, 0.15) is 0 Å². The molecule has 3 rings (SSSR count). The molecule has 0 radical (unpaired) electrons. The van der Waals surface area contributed by atoms with Crippen LogP contribution in [0, 0.1) is 5.92 Å². The topological polar surface area (TPSA) is 52.6 Å². The summed E-state index contributed by atoms with van der Waals surface area (Å²) < 4.78 is 0. The van der Waals surface area contributed by atoms with Crippen LogP contribution in [0.5, 0.6) is 0 Å². The van der Waals surface area contributed by atoms with Crippen molar-refractivity contribution in [3.63, 3.8) is 0 Å². The predicted octanol–water partition coefficient (Wildman–Crippen LogP) is 3.77. The Morgan fingerprint density at radius 3 is 2.33 bits per heavy atom. The van der Waals surface area contributed by atoms with Gasteiger partial charge in [-0.15, -0.1) is 0 Å². The smallest absolute Gasteiger partial charge is 0.306 e. The van der Waals surface area contributed by atoms with Crippen molar-refractivity contribution in [1.82, 2.24) is 4.90 Å². The molecule has 0 amide bonds. The molecule has 2 aliphatic rings. The highest BCUT2D eigenvalue weighted by Crippen LogP contribution is 2.27. The first kappa shape index (κ1) is 17.3. The van der Waals surface area contributed by atoms with Crippen LogP contribution in [0.15, 0.2) is 24.3 Å². The number of nitrogens with one attached hydrogen (secondary N) is 1. The van der Waals surface area contributed by atoms with Gasteiger partial charge in [0.05, 0.1) is 5.92 Å². The van der Waals surface area contributed by atoms with E-state index in [1.165, 1.54) is 44.5 Å². The Balaban J connectivity index is 1.42. The number of piperidine rings is 1. The minimum Gasteiger partial charge on any atom is -0.481 e. The summed E-state index contributed by atoms with van der Waals surface area (Å²) in [5.41, 5.74) is 2.57. The first-order valence-electron chi connectivity index (χ1n) is 9.51. The molecule has 1 aromatic rings. The molecule has 24 heavy (non-hydrogen) atoms. The molecule has 1 saturated carbocycles. The largest absolute Gasteiger partial charge is 0.481 e. The van der Waals surface area contributed by atoms with Gasteiger partial charge in [0.2, 0.25) is 0 Å². The van der Waals surface area contributed by atoms with Crippen LogP contribution in [0.25, 0.3) is 0 Å². The molecule has 0 bridgehead atoms. The predicted molar refractivity (Wildman–Crippen MR) is 97.4 cm³/mol. The van der Waals surface area contributed by atoms with Gasteiger partial charge in [-0.3, -0.25) is 4.79 Å². The van der Waals surface area contributed by atoms with Crippen molar-refractivity contribution in [2.75, 3.05) is 25.0 Å². The number of aliphatic carboxylic acids is 1. The fourth-order valence-electron chi connectivity index (χ4n) is 3.96. The molecule has 132 valence electrons. The molecular weight excluding hydrogens is 300 g/mol. The van der Waals surface area contributed by atoms with Crippen molar-refractivity contribution in [2.24, 2.45) is 5.92 Å². The molecule has 0 spiro atoms. The van der Waals surface area contributed by atoms with Gasteiger partial charge < -0.3 is 15.3 Å². The Bertz CT molecular complexity index is 515. The van der Waals surface area contributed by atoms with E-state index in [1.807, 2.05) is 0 Å². The van der Waals surface area contributed by atoms with E-state index in [-0.39, 0.29) is 5.92 Å². The number of likely N-dealkylation sites (tertiary alicyclic amines) is 1. The van der Waals surface area contributed by atoms with Gasteiger partial charge in [-0.2, -0.15) is 0 Å². The van der Waals surface area contributed by atoms with E-state index in [0.717, 1.165) is 37.8 Å². The van der Waals surface area contributed by atoms with Crippen molar-refractivity contribution < 1.29 is 9.90 Å². The molecule has 2 N–H and O–H groups in total. The Morgan fingerprint density at radius 2 is 1.71 bits per heavy atom. The summed E-state index contributed by atoms with van der Waals surface area (Å²) in [6, 6.07) is 9.23. The zero-order valence-electron chi connectivity index (χ0n) is 14.5. The number of anilines is 1. The Kier molecular flexibility index (Phi) is 6.13. The Hall–Kier alpha value is -1.55. The van der Waals surface area contributed by atoms with E-state index in [2.05, 4.69) is 34.5 Å². The van der Waals surface area contributed by atoms with Crippen LogP contribution in [0.3, 0.4) is 0 Å². The molecule has 1 aliphatic heterocycles. The number of rotatable bonds is 6. The third-order valence-corrected chi connectivity index (χ3v) is 5.57. The maximum absolute atomic E-state index is 11.0. The van der Waals surface area contributed by atoms with E-state index in [4.69, 9.17) is 5.11 Å². The Labute approximate surface area is 145 Å². The van der Waals surface area contributed by atoms with Crippen LogP contribution in [0.4, 0.5) is 5.69 Å². The number of hydrogen-bond donors (Lipinski definition) is 2. The molecule has 1 aliphatic carbocycles. The molecule has 2 fully saturated rings. The van der Waals surface area contributed by atoms with Crippen LogP contribution in [0.1, 0.15) is 50.5 Å². The number of nitrogens with zero attached hydrogens (tertiary/aromatic N) is 1. The fraction of sp³-hybridized carbons (Fsp3) is 0.650. The lowest BCUT2D eigenvalue weighted by atomic mass is 9.86. The third-order valence-electron chi connectivity index (χ3n) is 5.57. The van der Waals surface area contributed by atoms with Gasteiger partial charge >= 0.3 is 5.97 Å². The molecular formula is C20H30N2O2. The van der Waals surface area contributed by atoms with E-state index < -0.39 is 5.97 Å². The number of carbonyl (C=O) groups is 1. The van der Waals surface area contributed by atoms with Crippen LogP contribution in [-0.2, 0) is 11.2 Å². The number of carboxylic acids is 1. The zero-order chi connectivity index (χ0) is 16.8. The minimum absolute atomic E-state index is 0.139. The van der Waals surface area contributed by atoms with Crippen molar-refractivity contribution in [3.8, 4) is 0 Å². The average molecular weight is 330 g/mol. The summed E-state index contributed by atoms with van der Waals surface area (Å²) in [6.45, 7) is 3.70. The quantitative estimate of drug-likeness (QED) is 0.834. The first-order valence-corrected chi connectivity index (χ1v) is 9.51. The summed E-state index contributed by atoms with van der Waals surface area (Å²) in [6.07, 6.45) is 8.72. The first-order chi connectivity index (χ1) is 11.7. The van der Waals surface area contributed by atoms with E-state index in [1.54, 1.807) is 0 Å². The number of carboxylic acid groups (broad SMARTS) is 1. The normalized spacial score (nSPS) is 25.3. The molecule has 1 aromatic carbocycles. The molecule has 0 aromatic heterocycles. The zero-order valence-corrected chi connectivity index (χ0v) is 14.5. The monoisotopic (exact) mass is 330 g/mol. The molecule has 4 heteroatoms. The standard InChI is InChI=1S/C20H30N2O2/c23-20(24)17-6-10-19(11-7-17)21-18-8-4-16(5-9-18)12-15-22-13-2-1-3-14-22/h4-5,8-9,17,19,21H,1-3,6-7,10-15H2,(H,23,24). The van der Waals surface area contributed by atoms with Gasteiger partial charge in [-0.25, -0.2) is 0 Å². The summed E-state index contributed by atoms with van der Waals surface area (Å²) in [5.74, 6) is -0.772. The second-order valence-electron chi connectivity index (χ2n) is 7.38. The second-order valence-corrected chi connectivity index (χ2v) is 7.38. The molecule has 0 atom stereocenters. The lowest BCUT2D eigenvalue weighted by Crippen LogP contribution is -2.31. The number of benzene rings is 1. The fourth-order valence-corrected chi connectivity index (χ4v) is 3.96. The van der Waals surface area contributed by atoms with Gasteiger partial charge in [-0.05, 0) is 75.7 Å². The highest BCUT2D eigenvalue weighted by atomic mass is 16.4. The molecule has 0 unspecified atom stereocenters. The van der Waals surface area contributed by atoms with Crippen LogP contribution >= 0.6 is 0 Å². The summed E-state index contributed by atoms with van der Waals surface area (Å²) in [5, 5.41) is 12.6. The van der Waals surface area contributed by atoms with Gasteiger partial charge in [-0.1, -0.05) is 18.6 Å². The van der Waals surface area contributed by atoms with E-state index >= 15 is 0 Å². The number of hydrogen-bond acceptors (Lipinski definition) is 3. The molecule has 4 nitrogen and oxygen atoms in total. The van der Waals surface area contributed by atoms with E-state index in [0.29, 0.717) is 6.04 Å². The maximum atomic E-state index is 11.0. The lowest BCUT2D eigenvalue weighted by Gasteiger charge is -2.28.